The molecule has 0 fully saturated rings. The quantitative estimate of drug-likeness (QED) is 0.828. The highest BCUT2D eigenvalue weighted by Gasteiger charge is 2.39. The molecule has 1 rings (SSSR count). The van der Waals surface area contributed by atoms with Crippen LogP contribution in [0.4, 0.5) is 0 Å². The highest BCUT2D eigenvalue weighted by atomic mass is 127. The molecular weight excluding hydrogens is 335 g/mol. The van der Waals surface area contributed by atoms with Gasteiger partial charge in [0.05, 0.1) is 8.99 Å². The topological polar surface area (TPSA) is 71.4 Å². The molecule has 0 aliphatic heterocycles. The number of carboxylic acids is 1. The second kappa shape index (κ2) is 5.57. The first-order valence-electron chi connectivity index (χ1n) is 5.37. The maximum atomic E-state index is 11.5. The molecule has 0 unspecified atom stereocenters. The molecular formula is C12H15IO4. The summed E-state index contributed by atoms with van der Waals surface area (Å²) in [6.07, 6.45) is 0.750. The number of hydrogen-bond acceptors (Lipinski definition) is 3. The molecule has 1 aromatic rings. The van der Waals surface area contributed by atoms with Crippen molar-refractivity contribution in [2.24, 2.45) is 0 Å². The smallest absolute Gasteiger partial charge is 0.341 e. The van der Waals surface area contributed by atoms with Gasteiger partial charge in [-0.3, -0.25) is 4.79 Å². The number of benzene rings is 1. The standard InChI is InChI=1S/C12H15IO4/c1-3-12(4-2,11(14)15)9-7-5-6-8-10(9)13(16)17/h5-8H,3-4H2,1-2H3,(H,14,15). The van der Waals surface area contributed by atoms with Crippen molar-refractivity contribution in [2.75, 3.05) is 0 Å². The summed E-state index contributed by atoms with van der Waals surface area (Å²) in [7, 11) is 0. The molecule has 0 aliphatic rings. The Bertz CT molecular complexity index is 479. The summed E-state index contributed by atoms with van der Waals surface area (Å²) in [5.74, 6) is -0.965. The second-order valence-electron chi connectivity index (χ2n) is 3.79. The van der Waals surface area contributed by atoms with Crippen molar-refractivity contribution < 1.29 is 16.0 Å². The third-order valence-electron chi connectivity index (χ3n) is 3.17. The zero-order chi connectivity index (χ0) is 13.1. The molecule has 0 bridgehead atoms. The van der Waals surface area contributed by atoms with E-state index in [0.29, 0.717) is 18.4 Å². The van der Waals surface area contributed by atoms with Gasteiger partial charge in [-0.1, -0.05) is 32.0 Å². The lowest BCUT2D eigenvalue weighted by Crippen LogP contribution is -2.35. The minimum Gasteiger partial charge on any atom is -0.481 e. The molecule has 94 valence electrons. The Kier molecular flexibility index (Phi) is 4.62. The van der Waals surface area contributed by atoms with Crippen LogP contribution in [0.25, 0.3) is 0 Å². The van der Waals surface area contributed by atoms with Crippen LogP contribution in [0.5, 0.6) is 0 Å². The zero-order valence-corrected chi connectivity index (χ0v) is 11.9. The summed E-state index contributed by atoms with van der Waals surface area (Å²) in [4.78, 5) is 11.5. The van der Waals surface area contributed by atoms with Gasteiger partial charge in [0.15, 0.2) is 0 Å². The molecule has 0 saturated carbocycles. The lowest BCUT2D eigenvalue weighted by atomic mass is 9.76. The highest BCUT2D eigenvalue weighted by Crippen LogP contribution is 2.37. The Labute approximate surface area is 107 Å². The minimum atomic E-state index is -3.67. The molecule has 0 atom stereocenters. The molecule has 0 spiro atoms. The van der Waals surface area contributed by atoms with E-state index in [-0.39, 0.29) is 3.57 Å². The fourth-order valence-corrected chi connectivity index (χ4v) is 3.70. The first-order valence-corrected chi connectivity index (χ1v) is 8.21. The first-order chi connectivity index (χ1) is 7.99. The summed E-state index contributed by atoms with van der Waals surface area (Å²) >= 11 is -3.67. The summed E-state index contributed by atoms with van der Waals surface area (Å²) < 4.78 is 22.7. The predicted molar refractivity (Wildman–Crippen MR) is 70.4 cm³/mol. The lowest BCUT2D eigenvalue weighted by Gasteiger charge is -2.28. The molecule has 1 N–H and O–H groups in total. The van der Waals surface area contributed by atoms with Gasteiger partial charge in [0.25, 0.3) is 0 Å². The number of carbonyl (C=O) groups is 1. The molecule has 0 aromatic heterocycles. The Hall–Kier alpha value is -0.980. The minimum absolute atomic E-state index is 0.197. The van der Waals surface area contributed by atoms with Gasteiger partial charge in [-0.15, -0.1) is 0 Å². The van der Waals surface area contributed by atoms with Gasteiger partial charge in [0, 0.05) is 0 Å². The molecule has 4 nitrogen and oxygen atoms in total. The number of hydrogen-bond donors (Lipinski definition) is 1. The number of halogens is 1. The average molecular weight is 350 g/mol. The molecule has 0 amide bonds. The van der Waals surface area contributed by atoms with Crippen molar-refractivity contribution in [2.45, 2.75) is 32.1 Å². The van der Waals surface area contributed by atoms with E-state index in [1.54, 1.807) is 32.0 Å². The SMILES string of the molecule is CCC(CC)(C(=O)O)c1ccccc1I(=O)=O. The van der Waals surface area contributed by atoms with E-state index in [4.69, 9.17) is 0 Å². The van der Waals surface area contributed by atoms with Crippen molar-refractivity contribution in [1.29, 1.82) is 0 Å². The maximum Gasteiger partial charge on any atom is 0.341 e. The van der Waals surface area contributed by atoms with Crippen LogP contribution in [0.15, 0.2) is 24.3 Å². The molecule has 5 heteroatoms. The Morgan fingerprint density at radius 3 is 2.18 bits per heavy atom. The third-order valence-corrected chi connectivity index (χ3v) is 5.06. The molecule has 0 radical (unpaired) electrons. The van der Waals surface area contributed by atoms with E-state index < -0.39 is 31.2 Å². The van der Waals surface area contributed by atoms with Gasteiger partial charge in [-0.2, -0.15) is 0 Å². The van der Waals surface area contributed by atoms with Crippen LogP contribution in [0, 0.1) is 3.57 Å². The zero-order valence-electron chi connectivity index (χ0n) is 9.77. The van der Waals surface area contributed by atoms with Crippen molar-refractivity contribution >= 4 is 25.8 Å². The van der Waals surface area contributed by atoms with Crippen LogP contribution in [0.3, 0.4) is 0 Å². The predicted octanol–water partition coefficient (Wildman–Crippen LogP) is 3.20. The van der Waals surface area contributed by atoms with E-state index in [1.165, 1.54) is 6.07 Å². The van der Waals surface area contributed by atoms with Gasteiger partial charge in [-0.05, 0) is 24.5 Å². The van der Waals surface area contributed by atoms with E-state index in [1.807, 2.05) is 0 Å². The summed E-state index contributed by atoms with van der Waals surface area (Å²) in [5, 5.41) is 9.40. The average Bonchev–Trinajstić information content (AvgIpc) is 2.31. The van der Waals surface area contributed by atoms with Crippen LogP contribution in [0.2, 0.25) is 0 Å². The Morgan fingerprint density at radius 2 is 1.76 bits per heavy atom. The van der Waals surface area contributed by atoms with Crippen LogP contribution >= 0.6 is 19.8 Å². The van der Waals surface area contributed by atoms with Gasteiger partial charge in [0.2, 0.25) is 0 Å². The van der Waals surface area contributed by atoms with Crippen LogP contribution in [-0.2, 0) is 16.3 Å². The van der Waals surface area contributed by atoms with Crippen LogP contribution in [-0.4, -0.2) is 11.1 Å². The number of carboxylic acid groups (broad SMARTS) is 1. The van der Waals surface area contributed by atoms with Crippen molar-refractivity contribution in [1.82, 2.24) is 0 Å². The normalized spacial score (nSPS) is 11.7. The van der Waals surface area contributed by atoms with Crippen molar-refractivity contribution in [3.05, 3.63) is 33.4 Å². The fourth-order valence-electron chi connectivity index (χ4n) is 2.03. The van der Waals surface area contributed by atoms with Crippen LogP contribution in [0.1, 0.15) is 32.3 Å². The van der Waals surface area contributed by atoms with E-state index in [9.17, 15) is 16.0 Å². The third kappa shape index (κ3) is 2.48. The molecule has 1 aromatic carbocycles. The van der Waals surface area contributed by atoms with Gasteiger partial charge < -0.3 is 5.11 Å². The van der Waals surface area contributed by atoms with Crippen molar-refractivity contribution in [3.8, 4) is 0 Å². The Balaban J connectivity index is 3.54. The first kappa shape index (κ1) is 14.1. The summed E-state index contributed by atoms with van der Waals surface area (Å²) in [5.41, 5.74) is -0.672. The van der Waals surface area contributed by atoms with E-state index in [0.717, 1.165) is 0 Å². The second-order valence-corrected chi connectivity index (χ2v) is 6.19. The van der Waals surface area contributed by atoms with Crippen molar-refractivity contribution in [3.63, 3.8) is 0 Å². The molecule has 0 saturated heterocycles. The fraction of sp³-hybridized carbons (Fsp3) is 0.417. The molecule has 0 heterocycles. The Morgan fingerprint density at radius 1 is 1.24 bits per heavy atom. The van der Waals surface area contributed by atoms with Gasteiger partial charge >= 0.3 is 25.8 Å². The largest absolute Gasteiger partial charge is 0.481 e. The summed E-state index contributed by atoms with van der Waals surface area (Å²) in [6, 6.07) is 6.40. The van der Waals surface area contributed by atoms with Crippen LogP contribution < -0.4 is 0 Å². The molecule has 17 heavy (non-hydrogen) atoms. The van der Waals surface area contributed by atoms with Gasteiger partial charge in [-0.25, -0.2) is 6.14 Å². The van der Waals surface area contributed by atoms with E-state index >= 15 is 0 Å². The maximum absolute atomic E-state index is 11.5. The number of aliphatic carboxylic acids is 1. The monoisotopic (exact) mass is 350 g/mol. The summed E-state index contributed by atoms with van der Waals surface area (Å²) in [6.45, 7) is 3.53. The highest BCUT2D eigenvalue weighted by molar-refractivity contribution is 14.2. The van der Waals surface area contributed by atoms with Gasteiger partial charge in [0.1, 0.15) is 0 Å². The lowest BCUT2D eigenvalue weighted by molar-refractivity contribution is -0.144. The molecule has 0 aliphatic carbocycles. The number of rotatable bonds is 5. The van der Waals surface area contributed by atoms with E-state index in [2.05, 4.69) is 0 Å².